The highest BCUT2D eigenvalue weighted by Crippen LogP contribution is 2.50. The molecule has 150 valence electrons. The molecule has 6 nitrogen and oxygen atoms in total. The zero-order chi connectivity index (χ0) is 18.9. The lowest BCUT2D eigenvalue weighted by atomic mass is 9.81. The summed E-state index contributed by atoms with van der Waals surface area (Å²) in [5.74, 6) is 1.09. The molecule has 28 heavy (non-hydrogen) atoms. The number of halogens is 1. The zero-order valence-electron chi connectivity index (χ0n) is 16.1. The van der Waals surface area contributed by atoms with E-state index in [1.165, 1.54) is 36.9 Å². The van der Waals surface area contributed by atoms with Gasteiger partial charge in [-0.15, -0.1) is 24.0 Å². The van der Waals surface area contributed by atoms with Crippen LogP contribution in [0.2, 0.25) is 0 Å². The Balaban J connectivity index is 0.00000225. The summed E-state index contributed by atoms with van der Waals surface area (Å²) in [6, 6.07) is 12.0. The lowest BCUT2D eigenvalue weighted by Crippen LogP contribution is -2.43. The first-order chi connectivity index (χ1) is 13.1. The molecule has 0 bridgehead atoms. The smallest absolute Gasteiger partial charge is 0.284 e. The summed E-state index contributed by atoms with van der Waals surface area (Å²) in [6.45, 7) is 4.18. The van der Waals surface area contributed by atoms with Crippen LogP contribution in [-0.4, -0.2) is 25.0 Å². The third-order valence-electron chi connectivity index (χ3n) is 5.67. The lowest BCUT2D eigenvalue weighted by molar-refractivity contribution is 0.0972. The molecule has 1 saturated carbocycles. The van der Waals surface area contributed by atoms with Crippen molar-refractivity contribution in [2.45, 2.75) is 44.6 Å². The van der Waals surface area contributed by atoms with Crippen molar-refractivity contribution in [2.75, 3.05) is 18.0 Å². The molecule has 0 unspecified atom stereocenters. The van der Waals surface area contributed by atoms with Gasteiger partial charge in [0.1, 0.15) is 12.3 Å². The van der Waals surface area contributed by atoms with E-state index in [0.29, 0.717) is 12.3 Å². The molecule has 2 aliphatic rings. The third-order valence-corrected chi connectivity index (χ3v) is 5.67. The van der Waals surface area contributed by atoms with Crippen molar-refractivity contribution in [3.8, 4) is 0 Å². The molecule has 2 heterocycles. The predicted molar refractivity (Wildman–Crippen MR) is 121 cm³/mol. The number of carbonyl (C=O) groups is 1. The Morgan fingerprint density at radius 1 is 1.25 bits per heavy atom. The standard InChI is InChI=1S/C21H26N4O2.HI/c1-2-23-20(24-13-15-9-10-18(27-15)19(22)26)25-14-21(11-5-6-12-21)16-7-3-4-8-17(16)25;/h3-4,7-10H,2,5-6,11-14H2,1H3,(H2,22,26)(H,23,24);1H. The van der Waals surface area contributed by atoms with Crippen molar-refractivity contribution >= 4 is 41.5 Å². The van der Waals surface area contributed by atoms with Crippen LogP contribution in [0.3, 0.4) is 0 Å². The number of amides is 1. The number of aliphatic imine (C=N–C) groups is 1. The number of benzene rings is 1. The lowest BCUT2D eigenvalue weighted by Gasteiger charge is -2.26. The number of carbonyl (C=O) groups excluding carboxylic acids is 1. The molecule has 2 aromatic rings. The molecule has 1 aromatic heterocycles. The number of hydrogen-bond donors (Lipinski definition) is 2. The highest BCUT2D eigenvalue weighted by molar-refractivity contribution is 14.0. The van der Waals surface area contributed by atoms with Gasteiger partial charge < -0.3 is 20.4 Å². The van der Waals surface area contributed by atoms with Crippen molar-refractivity contribution in [1.29, 1.82) is 0 Å². The van der Waals surface area contributed by atoms with E-state index in [9.17, 15) is 4.79 Å². The number of nitrogens with zero attached hydrogens (tertiary/aromatic N) is 2. The van der Waals surface area contributed by atoms with E-state index in [4.69, 9.17) is 15.1 Å². The highest BCUT2D eigenvalue weighted by Gasteiger charge is 2.45. The summed E-state index contributed by atoms with van der Waals surface area (Å²) in [4.78, 5) is 18.3. The Bertz CT molecular complexity index is 871. The maximum atomic E-state index is 11.2. The number of anilines is 1. The Labute approximate surface area is 182 Å². The zero-order valence-corrected chi connectivity index (χ0v) is 18.4. The Kier molecular flexibility index (Phi) is 6.32. The summed E-state index contributed by atoms with van der Waals surface area (Å²) < 4.78 is 5.47. The molecule has 1 spiro atoms. The van der Waals surface area contributed by atoms with Crippen LogP contribution in [0.1, 0.15) is 54.5 Å². The molecule has 1 aromatic carbocycles. The maximum absolute atomic E-state index is 11.2. The number of para-hydroxylation sites is 1. The third kappa shape index (κ3) is 3.76. The van der Waals surface area contributed by atoms with Gasteiger partial charge in [-0.1, -0.05) is 31.0 Å². The van der Waals surface area contributed by atoms with Crippen LogP contribution < -0.4 is 16.0 Å². The quantitative estimate of drug-likeness (QED) is 0.385. The summed E-state index contributed by atoms with van der Waals surface area (Å²) >= 11 is 0. The molecule has 1 amide bonds. The van der Waals surface area contributed by atoms with Gasteiger partial charge in [0.2, 0.25) is 0 Å². The van der Waals surface area contributed by atoms with Crippen LogP contribution in [0.4, 0.5) is 5.69 Å². The van der Waals surface area contributed by atoms with Crippen LogP contribution in [-0.2, 0) is 12.0 Å². The summed E-state index contributed by atoms with van der Waals surface area (Å²) in [6.07, 6.45) is 5.05. The van der Waals surface area contributed by atoms with Gasteiger partial charge in [-0.25, -0.2) is 4.99 Å². The average Bonchev–Trinajstić information content (AvgIpc) is 3.40. The summed E-state index contributed by atoms with van der Waals surface area (Å²) in [5, 5.41) is 3.41. The SMILES string of the molecule is CCNC(=NCc1ccc(C(N)=O)o1)N1CC2(CCCC2)c2ccccc21.I. The molecule has 3 N–H and O–H groups in total. The van der Waals surface area contributed by atoms with Crippen molar-refractivity contribution < 1.29 is 9.21 Å². The first-order valence-corrected chi connectivity index (χ1v) is 9.67. The second kappa shape index (κ2) is 8.55. The Morgan fingerprint density at radius 3 is 2.68 bits per heavy atom. The number of fused-ring (bicyclic) bond motifs is 2. The molecule has 1 aliphatic heterocycles. The first-order valence-electron chi connectivity index (χ1n) is 9.67. The molecular formula is C21H27IN4O2. The number of primary amides is 1. The second-order valence-electron chi connectivity index (χ2n) is 7.39. The van der Waals surface area contributed by atoms with E-state index >= 15 is 0 Å². The molecule has 7 heteroatoms. The minimum absolute atomic E-state index is 0. The van der Waals surface area contributed by atoms with Gasteiger partial charge in [0.15, 0.2) is 11.7 Å². The predicted octanol–water partition coefficient (Wildman–Crippen LogP) is 3.79. The monoisotopic (exact) mass is 494 g/mol. The number of guanidine groups is 1. The maximum Gasteiger partial charge on any atom is 0.284 e. The number of furan rings is 1. The average molecular weight is 494 g/mol. The summed E-state index contributed by atoms with van der Waals surface area (Å²) in [5.41, 5.74) is 8.20. The van der Waals surface area contributed by atoms with Crippen LogP contribution in [0.5, 0.6) is 0 Å². The minimum atomic E-state index is -0.561. The fourth-order valence-corrected chi connectivity index (χ4v) is 4.44. The van der Waals surface area contributed by atoms with E-state index in [0.717, 1.165) is 19.0 Å². The molecule has 1 fully saturated rings. The van der Waals surface area contributed by atoms with Crippen molar-refractivity contribution in [3.63, 3.8) is 0 Å². The van der Waals surface area contributed by atoms with Gasteiger partial charge in [-0.05, 0) is 43.5 Å². The number of hydrogen-bond acceptors (Lipinski definition) is 3. The van der Waals surface area contributed by atoms with Gasteiger partial charge in [-0.2, -0.15) is 0 Å². The number of nitrogens with two attached hydrogens (primary N) is 1. The molecule has 1 aliphatic carbocycles. The fraction of sp³-hybridized carbons (Fsp3) is 0.429. The molecule has 0 saturated heterocycles. The van der Waals surface area contributed by atoms with E-state index in [-0.39, 0.29) is 35.2 Å². The van der Waals surface area contributed by atoms with E-state index in [1.807, 2.05) is 0 Å². The van der Waals surface area contributed by atoms with Crippen LogP contribution >= 0.6 is 24.0 Å². The van der Waals surface area contributed by atoms with E-state index < -0.39 is 5.91 Å². The van der Waals surface area contributed by atoms with Crippen LogP contribution in [0.25, 0.3) is 0 Å². The van der Waals surface area contributed by atoms with Crippen molar-refractivity contribution in [1.82, 2.24) is 5.32 Å². The molecule has 0 atom stereocenters. The number of rotatable bonds is 4. The number of nitrogens with one attached hydrogen (secondary N) is 1. The van der Waals surface area contributed by atoms with Gasteiger partial charge in [0.25, 0.3) is 5.91 Å². The van der Waals surface area contributed by atoms with Gasteiger partial charge in [0, 0.05) is 24.2 Å². The van der Waals surface area contributed by atoms with Crippen molar-refractivity contribution in [2.24, 2.45) is 10.7 Å². The summed E-state index contributed by atoms with van der Waals surface area (Å²) in [7, 11) is 0. The van der Waals surface area contributed by atoms with Crippen molar-refractivity contribution in [3.05, 3.63) is 53.5 Å². The largest absolute Gasteiger partial charge is 0.454 e. The molecule has 4 rings (SSSR count). The molecule has 0 radical (unpaired) electrons. The Morgan fingerprint density at radius 2 is 2.00 bits per heavy atom. The fourth-order valence-electron chi connectivity index (χ4n) is 4.44. The van der Waals surface area contributed by atoms with Gasteiger partial charge in [-0.3, -0.25) is 4.79 Å². The topological polar surface area (TPSA) is 83.9 Å². The van der Waals surface area contributed by atoms with E-state index in [1.54, 1.807) is 12.1 Å². The highest BCUT2D eigenvalue weighted by atomic mass is 127. The van der Waals surface area contributed by atoms with Crippen LogP contribution in [0, 0.1) is 0 Å². The molecular weight excluding hydrogens is 467 g/mol. The van der Waals surface area contributed by atoms with E-state index in [2.05, 4.69) is 41.4 Å². The minimum Gasteiger partial charge on any atom is -0.454 e. The van der Waals surface area contributed by atoms with Gasteiger partial charge in [0.05, 0.1) is 0 Å². The second-order valence-corrected chi connectivity index (χ2v) is 7.39. The Hall–Kier alpha value is -2.03. The van der Waals surface area contributed by atoms with Gasteiger partial charge >= 0.3 is 0 Å². The first kappa shape index (κ1) is 20.7. The normalized spacial score (nSPS) is 17.5. The van der Waals surface area contributed by atoms with Crippen LogP contribution in [0.15, 0.2) is 45.8 Å².